The Morgan fingerprint density at radius 1 is 0.287 bits per heavy atom. The van der Waals surface area contributed by atoms with Crippen molar-refractivity contribution < 1.29 is 9.31 Å². The van der Waals surface area contributed by atoms with Gasteiger partial charge in [-0.1, -0.05) is 356 Å². The van der Waals surface area contributed by atoms with Crippen LogP contribution in [-0.4, -0.2) is 47.4 Å². The first-order valence-corrected chi connectivity index (χ1v) is 43.1. The van der Waals surface area contributed by atoms with E-state index in [4.69, 9.17) is 29.2 Å². The number of nitrogens with zero attached hydrogens (tertiary/aromatic N) is 6. The van der Waals surface area contributed by atoms with Gasteiger partial charge in [0.1, 0.15) is 11.6 Å². The fourth-order valence-corrected chi connectivity index (χ4v) is 19.9. The summed E-state index contributed by atoms with van der Waals surface area (Å²) >= 11 is 3.46. The van der Waals surface area contributed by atoms with E-state index < -0.39 is 29.2 Å². The van der Waals surface area contributed by atoms with Gasteiger partial charge in [-0.2, -0.15) is 0 Å². The van der Waals surface area contributed by atoms with Crippen LogP contribution in [0.5, 0.6) is 0 Å². The third-order valence-corrected chi connectivity index (χ3v) is 26.5. The molecule has 23 rings (SSSR count). The smallest absolute Gasteiger partial charge is 0.399 e. The van der Waals surface area contributed by atoms with Gasteiger partial charge in [-0.15, -0.1) is 0 Å². The molecule has 0 radical (unpaired) electrons. The quantitative estimate of drug-likeness (QED) is 0.0896. The van der Waals surface area contributed by atoms with E-state index >= 15 is 0 Å². The zero-order valence-electron chi connectivity index (χ0n) is 68.8. The van der Waals surface area contributed by atoms with E-state index in [1.54, 1.807) is 0 Å². The van der Waals surface area contributed by atoms with Crippen LogP contribution in [0, 0.1) is 0 Å². The van der Waals surface area contributed by atoms with Crippen molar-refractivity contribution in [1.82, 2.24) is 29.1 Å². The Bertz CT molecular complexity index is 7300. The van der Waals surface area contributed by atoms with Crippen LogP contribution in [0.2, 0.25) is 0 Å². The third kappa shape index (κ3) is 12.3. The predicted molar refractivity (Wildman–Crippen MR) is 508 cm³/mol. The summed E-state index contributed by atoms with van der Waals surface area (Å²) in [4.78, 5) is 20.4. The molecule has 3 aliphatic rings. The van der Waals surface area contributed by atoms with E-state index in [9.17, 15) is 0 Å². The molecule has 586 valence electrons. The molecule has 16 aromatic carbocycles. The van der Waals surface area contributed by atoms with E-state index in [1.807, 2.05) is 6.07 Å². The second kappa shape index (κ2) is 30.5. The van der Waals surface area contributed by atoms with Crippen LogP contribution < -0.4 is 5.46 Å². The van der Waals surface area contributed by atoms with Crippen LogP contribution in [-0.2, 0) is 33.2 Å². The highest BCUT2D eigenvalue weighted by Crippen LogP contribution is 2.61. The van der Waals surface area contributed by atoms with Gasteiger partial charge in [-0.05, 0) is 173 Å². The molecule has 5 heterocycles. The zero-order valence-corrected chi connectivity index (χ0v) is 70.4. The minimum atomic E-state index is -0.465. The summed E-state index contributed by atoms with van der Waals surface area (Å²) in [5.74, 6) is 2.04. The zero-order chi connectivity index (χ0) is 82.4. The Morgan fingerprint density at radius 2 is 0.607 bits per heavy atom. The summed E-state index contributed by atoms with van der Waals surface area (Å²) in [6.45, 7) is 14.5. The van der Waals surface area contributed by atoms with E-state index in [1.165, 1.54) is 105 Å². The lowest BCUT2D eigenvalue weighted by atomic mass is 9.67. The molecule has 0 bridgehead atoms. The van der Waals surface area contributed by atoms with Crippen molar-refractivity contribution >= 4 is 93.9 Å². The second-order valence-electron chi connectivity index (χ2n) is 33.0. The summed E-state index contributed by atoms with van der Waals surface area (Å²) < 4.78 is 18.3. The van der Waals surface area contributed by atoms with Crippen LogP contribution in [0.4, 0.5) is 0 Å². The van der Waals surface area contributed by atoms with Crippen LogP contribution in [0.3, 0.4) is 0 Å². The minimum Gasteiger partial charge on any atom is -0.399 e. The molecule has 1 saturated heterocycles. The number of fused-ring (bicyclic) bond motifs is 16. The minimum absolute atomic E-state index is 0.391. The number of halogens is 1. The molecule has 4 aromatic heterocycles. The first-order valence-electron chi connectivity index (χ1n) is 42.3. The fourth-order valence-electron chi connectivity index (χ4n) is 19.6. The fraction of sp³-hybridized carbons (Fsp3) is 0.107. The number of benzene rings is 16. The lowest BCUT2D eigenvalue weighted by molar-refractivity contribution is 0.00578. The van der Waals surface area contributed by atoms with Crippen LogP contribution in [0.15, 0.2) is 393 Å². The highest BCUT2D eigenvalue weighted by Gasteiger charge is 2.52. The van der Waals surface area contributed by atoms with Gasteiger partial charge in [-0.25, -0.2) is 19.9 Å². The molecule has 8 nitrogen and oxygen atoms in total. The normalized spacial score (nSPS) is 14.3. The highest BCUT2D eigenvalue weighted by molar-refractivity contribution is 9.10. The number of imidazole rings is 2. The van der Waals surface area contributed by atoms with Gasteiger partial charge >= 0.3 is 7.12 Å². The van der Waals surface area contributed by atoms with E-state index in [2.05, 4.69) is 449 Å². The molecular weight excluding hydrogens is 1550 g/mol. The van der Waals surface area contributed by atoms with Crippen molar-refractivity contribution in [2.75, 3.05) is 0 Å². The predicted octanol–water partition coefficient (Wildman–Crippen LogP) is 27.3. The Morgan fingerprint density at radius 3 is 1.00 bits per heavy atom. The summed E-state index contributed by atoms with van der Waals surface area (Å²) in [5.41, 5.74) is 29.8. The first-order chi connectivity index (χ1) is 59.8. The molecule has 2 aliphatic carbocycles. The molecule has 122 heavy (non-hydrogen) atoms. The molecule has 0 atom stereocenters. The van der Waals surface area contributed by atoms with Crippen LogP contribution >= 0.6 is 15.9 Å². The number of hydrogen-bond acceptors (Lipinski definition) is 6. The Hall–Kier alpha value is -13.7. The molecule has 0 amide bonds. The van der Waals surface area contributed by atoms with Crippen molar-refractivity contribution in [3.05, 3.63) is 437 Å². The Balaban J connectivity index is 0.000000126. The maximum Gasteiger partial charge on any atom is 0.494 e. The molecule has 20 aromatic rings. The molecule has 0 unspecified atom stereocenters. The monoisotopic (exact) mass is 1640 g/mol. The van der Waals surface area contributed by atoms with Crippen LogP contribution in [0.25, 0.3) is 144 Å². The summed E-state index contributed by atoms with van der Waals surface area (Å²) in [6.07, 6.45) is 0. The van der Waals surface area contributed by atoms with Crippen molar-refractivity contribution in [2.45, 2.75) is 76.7 Å². The van der Waals surface area contributed by atoms with Gasteiger partial charge in [0.25, 0.3) is 0 Å². The maximum atomic E-state index is 6.36. The second-order valence-corrected chi connectivity index (χ2v) is 34.0. The number of aryl methyl sites for hydroxylation is 2. The molecule has 0 spiro atoms. The average Bonchev–Trinajstić information content (AvgIpc) is 1.52. The average molecular weight is 1640 g/mol. The van der Waals surface area contributed by atoms with Crippen molar-refractivity contribution in [3.8, 4) is 78.7 Å². The molecule has 1 aliphatic heterocycles. The lowest BCUT2D eigenvalue weighted by Gasteiger charge is -2.34. The number of hydrogen-bond donors (Lipinski definition) is 0. The molecular formula is C112H86BBrN6O2. The number of aromatic nitrogens is 6. The van der Waals surface area contributed by atoms with Gasteiger partial charge < -0.3 is 18.4 Å². The molecule has 0 N–H and O–H groups in total. The number of pyridine rings is 2. The van der Waals surface area contributed by atoms with Gasteiger partial charge in [0, 0.05) is 72.1 Å². The summed E-state index contributed by atoms with van der Waals surface area (Å²) in [6, 6.07) is 140. The molecule has 10 heteroatoms. The maximum absolute atomic E-state index is 6.36. The first kappa shape index (κ1) is 75.7. The standard InChI is InChI=1S/C53H37N3.C44H36BNO2.C15H13BrN2/c1-2-56-48-24-14-13-23-47(48)55-52(56)38-31-27-36(28-32-38)35-25-29-37(30-26-35)51-43-33-34-45-50(49(43)42-20-10-12-22-46(42)54-51)41-19-9-11-21-44(41)53(45,39-15-5-3-6-16-39)40-17-7-4-8-18-40;1-42(2)43(3,4)48-45(47-42)32-25-23-29(24-26-32)41-35-27-28-37-40(39(35)34-20-12-14-22-38(34)46-41)33-19-11-13-21-36(33)44(37,30-15-7-5-8-16-30)31-17-9-6-10-18-31;1-2-18-14-6-4-3-5-13(14)17-15(18)11-7-9-12(16)10-8-11/h3-34H,2H2,1H3;5-28H,1-4H3;3-10H,2H2,1H3. The summed E-state index contributed by atoms with van der Waals surface area (Å²) in [5, 5.41) is 7.12. The lowest BCUT2D eigenvalue weighted by Crippen LogP contribution is -2.41. The van der Waals surface area contributed by atoms with Crippen molar-refractivity contribution in [1.29, 1.82) is 0 Å². The number of rotatable bonds is 12. The van der Waals surface area contributed by atoms with Gasteiger partial charge in [0.2, 0.25) is 0 Å². The Kier molecular flexibility index (Phi) is 18.9. The SMILES string of the molecule is CC1(C)OB(c2ccc(-c3nc4ccccc4c4c5c(ccc34)C(c3ccccc3)(c3ccccc3)c3ccccc3-5)cc2)OC1(C)C.CCn1c(-c2ccc(-c3ccc(-c4nc5ccccc5c5c6c(ccc45)C(c4ccccc4)(c4ccccc4)c4ccccc4-6)cc3)cc2)nc2ccccc21.CCn1c(-c2ccc(Br)cc2)nc2ccccc21. The molecule has 0 saturated carbocycles. The van der Waals surface area contributed by atoms with Gasteiger partial charge in [0.05, 0.1) is 66.5 Å². The van der Waals surface area contributed by atoms with Crippen molar-refractivity contribution in [2.24, 2.45) is 0 Å². The van der Waals surface area contributed by atoms with Gasteiger partial charge in [0.15, 0.2) is 0 Å². The highest BCUT2D eigenvalue weighted by atomic mass is 79.9. The van der Waals surface area contributed by atoms with E-state index in [0.717, 1.165) is 107 Å². The van der Waals surface area contributed by atoms with E-state index in [-0.39, 0.29) is 0 Å². The third-order valence-electron chi connectivity index (χ3n) is 26.0. The molecule has 1 fully saturated rings. The topological polar surface area (TPSA) is 79.9 Å². The van der Waals surface area contributed by atoms with Crippen molar-refractivity contribution in [3.63, 3.8) is 0 Å². The largest absolute Gasteiger partial charge is 0.494 e. The summed E-state index contributed by atoms with van der Waals surface area (Å²) in [7, 11) is -0.408. The van der Waals surface area contributed by atoms with Gasteiger partial charge in [-0.3, -0.25) is 0 Å². The number of para-hydroxylation sites is 6. The Labute approximate surface area is 719 Å². The van der Waals surface area contributed by atoms with Crippen LogP contribution in [0.1, 0.15) is 86.1 Å². The van der Waals surface area contributed by atoms with E-state index in [0.29, 0.717) is 0 Å².